The molecular weight excluding hydrogens is 252 g/mol. The molecule has 20 heavy (non-hydrogen) atoms. The summed E-state index contributed by atoms with van der Waals surface area (Å²) in [6.45, 7) is 8.17. The van der Waals surface area contributed by atoms with Gasteiger partial charge in [0, 0.05) is 12.6 Å². The van der Waals surface area contributed by atoms with E-state index in [1.54, 1.807) is 0 Å². The fourth-order valence-corrected chi connectivity index (χ4v) is 2.54. The largest absolute Gasteiger partial charge is 0.484 e. The molecule has 1 saturated heterocycles. The van der Waals surface area contributed by atoms with Crippen molar-refractivity contribution >= 4 is 5.91 Å². The van der Waals surface area contributed by atoms with E-state index in [0.29, 0.717) is 5.92 Å². The zero-order valence-electron chi connectivity index (χ0n) is 12.5. The van der Waals surface area contributed by atoms with Gasteiger partial charge in [0.2, 0.25) is 0 Å². The van der Waals surface area contributed by atoms with Crippen LogP contribution in [-0.2, 0) is 4.79 Å². The van der Waals surface area contributed by atoms with E-state index in [1.165, 1.54) is 5.56 Å². The minimum Gasteiger partial charge on any atom is -0.484 e. The predicted molar refractivity (Wildman–Crippen MR) is 80.0 cm³/mol. The smallest absolute Gasteiger partial charge is 0.258 e. The normalized spacial score (nSPS) is 22.4. The monoisotopic (exact) mass is 276 g/mol. The highest BCUT2D eigenvalue weighted by molar-refractivity contribution is 5.78. The Morgan fingerprint density at radius 3 is 2.95 bits per heavy atom. The maximum Gasteiger partial charge on any atom is 0.258 e. The van der Waals surface area contributed by atoms with Gasteiger partial charge < -0.3 is 15.4 Å². The molecule has 1 aliphatic heterocycles. The van der Waals surface area contributed by atoms with E-state index < -0.39 is 0 Å². The molecule has 4 nitrogen and oxygen atoms in total. The van der Waals surface area contributed by atoms with Crippen LogP contribution in [0.1, 0.15) is 24.5 Å². The highest BCUT2D eigenvalue weighted by atomic mass is 16.5. The molecule has 0 bridgehead atoms. The van der Waals surface area contributed by atoms with Gasteiger partial charge in [0.25, 0.3) is 5.91 Å². The van der Waals surface area contributed by atoms with Gasteiger partial charge in [-0.3, -0.25) is 4.79 Å². The molecule has 0 aliphatic carbocycles. The molecule has 2 unspecified atom stereocenters. The maximum absolute atomic E-state index is 11.9. The van der Waals surface area contributed by atoms with Crippen LogP contribution in [0.4, 0.5) is 0 Å². The fourth-order valence-electron chi connectivity index (χ4n) is 2.54. The van der Waals surface area contributed by atoms with Crippen molar-refractivity contribution in [2.24, 2.45) is 5.92 Å². The fraction of sp³-hybridized carbons (Fsp3) is 0.562. The lowest BCUT2D eigenvalue weighted by Crippen LogP contribution is -2.51. The summed E-state index contributed by atoms with van der Waals surface area (Å²) >= 11 is 0. The standard InChI is InChI=1S/C16H24N2O2/c1-11-4-5-15(13(3)8-11)20-10-16(19)18-14-9-17-7-6-12(14)2/h4-5,8,12,14,17H,6-7,9-10H2,1-3H3,(H,18,19). The van der Waals surface area contributed by atoms with Crippen LogP contribution in [0.15, 0.2) is 18.2 Å². The third-order valence-corrected chi connectivity index (χ3v) is 3.86. The molecule has 0 spiro atoms. The Kier molecular flexibility index (Phi) is 5.01. The van der Waals surface area contributed by atoms with Gasteiger partial charge in [-0.15, -0.1) is 0 Å². The SMILES string of the molecule is Cc1ccc(OCC(=O)NC2CNCCC2C)c(C)c1. The third-order valence-electron chi connectivity index (χ3n) is 3.86. The van der Waals surface area contributed by atoms with Gasteiger partial charge in [0.1, 0.15) is 5.75 Å². The molecular formula is C16H24N2O2. The Bertz CT molecular complexity index is 474. The van der Waals surface area contributed by atoms with Gasteiger partial charge in [0.05, 0.1) is 0 Å². The first-order valence-electron chi connectivity index (χ1n) is 7.26. The van der Waals surface area contributed by atoms with Crippen molar-refractivity contribution in [3.05, 3.63) is 29.3 Å². The quantitative estimate of drug-likeness (QED) is 0.881. The minimum atomic E-state index is -0.0504. The molecule has 1 aromatic rings. The molecule has 1 amide bonds. The molecule has 0 saturated carbocycles. The highest BCUT2D eigenvalue weighted by Gasteiger charge is 2.22. The summed E-state index contributed by atoms with van der Waals surface area (Å²) < 4.78 is 5.60. The van der Waals surface area contributed by atoms with Crippen LogP contribution in [-0.4, -0.2) is 31.6 Å². The first-order valence-corrected chi connectivity index (χ1v) is 7.26. The number of carbonyl (C=O) groups excluding carboxylic acids is 1. The summed E-state index contributed by atoms with van der Waals surface area (Å²) in [7, 11) is 0. The number of rotatable bonds is 4. The summed E-state index contributed by atoms with van der Waals surface area (Å²) in [6, 6.07) is 6.18. The zero-order valence-corrected chi connectivity index (χ0v) is 12.5. The Hall–Kier alpha value is -1.55. The van der Waals surface area contributed by atoms with E-state index in [4.69, 9.17) is 4.74 Å². The molecule has 2 atom stereocenters. The second kappa shape index (κ2) is 6.75. The molecule has 4 heteroatoms. The number of nitrogens with one attached hydrogen (secondary N) is 2. The Labute approximate surface area is 120 Å². The molecule has 110 valence electrons. The second-order valence-electron chi connectivity index (χ2n) is 5.70. The van der Waals surface area contributed by atoms with Crippen molar-refractivity contribution in [1.82, 2.24) is 10.6 Å². The van der Waals surface area contributed by atoms with E-state index in [9.17, 15) is 4.79 Å². The van der Waals surface area contributed by atoms with Crippen LogP contribution in [0.2, 0.25) is 0 Å². The number of piperidine rings is 1. The summed E-state index contributed by atoms with van der Waals surface area (Å²) in [5.41, 5.74) is 2.26. The van der Waals surface area contributed by atoms with Crippen LogP contribution in [0.3, 0.4) is 0 Å². The summed E-state index contributed by atoms with van der Waals surface area (Å²) in [4.78, 5) is 11.9. The van der Waals surface area contributed by atoms with Crippen LogP contribution in [0.5, 0.6) is 5.75 Å². The van der Waals surface area contributed by atoms with E-state index in [2.05, 4.69) is 23.6 Å². The summed E-state index contributed by atoms with van der Waals surface area (Å²) in [5.74, 6) is 1.24. The predicted octanol–water partition coefficient (Wildman–Crippen LogP) is 1.80. The van der Waals surface area contributed by atoms with Crippen molar-refractivity contribution in [1.29, 1.82) is 0 Å². The van der Waals surface area contributed by atoms with E-state index in [-0.39, 0.29) is 18.6 Å². The highest BCUT2D eigenvalue weighted by Crippen LogP contribution is 2.18. The van der Waals surface area contributed by atoms with Gasteiger partial charge in [-0.1, -0.05) is 24.6 Å². The molecule has 0 radical (unpaired) electrons. The van der Waals surface area contributed by atoms with Crippen LogP contribution in [0.25, 0.3) is 0 Å². The number of hydrogen-bond donors (Lipinski definition) is 2. The first kappa shape index (κ1) is 14.9. The molecule has 1 aliphatic rings. The van der Waals surface area contributed by atoms with E-state index in [0.717, 1.165) is 30.8 Å². The van der Waals surface area contributed by atoms with E-state index >= 15 is 0 Å². The van der Waals surface area contributed by atoms with Gasteiger partial charge in [-0.2, -0.15) is 0 Å². The lowest BCUT2D eigenvalue weighted by molar-refractivity contribution is -0.124. The van der Waals surface area contributed by atoms with Crippen molar-refractivity contribution < 1.29 is 9.53 Å². The molecule has 1 aromatic carbocycles. The number of ether oxygens (including phenoxy) is 1. The number of carbonyl (C=O) groups is 1. The lowest BCUT2D eigenvalue weighted by atomic mass is 9.95. The summed E-state index contributed by atoms with van der Waals surface area (Å²) in [5, 5.41) is 6.35. The molecule has 2 rings (SSSR count). The molecule has 1 fully saturated rings. The average molecular weight is 276 g/mol. The van der Waals surface area contributed by atoms with Crippen LogP contribution >= 0.6 is 0 Å². The Morgan fingerprint density at radius 1 is 1.45 bits per heavy atom. The first-order chi connectivity index (χ1) is 9.56. The Morgan fingerprint density at radius 2 is 2.25 bits per heavy atom. The Balaban J connectivity index is 1.82. The van der Waals surface area contributed by atoms with Crippen molar-refractivity contribution in [2.75, 3.05) is 19.7 Å². The molecule has 0 aromatic heterocycles. The lowest BCUT2D eigenvalue weighted by Gasteiger charge is -2.30. The van der Waals surface area contributed by atoms with Crippen LogP contribution in [0, 0.1) is 19.8 Å². The van der Waals surface area contributed by atoms with Crippen LogP contribution < -0.4 is 15.4 Å². The minimum absolute atomic E-state index is 0.0504. The van der Waals surface area contributed by atoms with Crippen molar-refractivity contribution in [2.45, 2.75) is 33.2 Å². The number of aryl methyl sites for hydroxylation is 2. The number of hydrogen-bond acceptors (Lipinski definition) is 3. The van der Waals surface area contributed by atoms with Crippen molar-refractivity contribution in [3.63, 3.8) is 0 Å². The summed E-state index contributed by atoms with van der Waals surface area (Å²) in [6.07, 6.45) is 1.10. The van der Waals surface area contributed by atoms with Crippen molar-refractivity contribution in [3.8, 4) is 5.75 Å². The van der Waals surface area contributed by atoms with Gasteiger partial charge in [0.15, 0.2) is 6.61 Å². The molecule has 1 heterocycles. The topological polar surface area (TPSA) is 50.4 Å². The number of amides is 1. The van der Waals surface area contributed by atoms with Gasteiger partial charge in [-0.05, 0) is 44.4 Å². The van der Waals surface area contributed by atoms with Gasteiger partial charge >= 0.3 is 0 Å². The van der Waals surface area contributed by atoms with Gasteiger partial charge in [-0.25, -0.2) is 0 Å². The van der Waals surface area contributed by atoms with E-state index in [1.807, 2.05) is 26.0 Å². The number of benzene rings is 1. The maximum atomic E-state index is 11.9. The second-order valence-corrected chi connectivity index (χ2v) is 5.70. The third kappa shape index (κ3) is 3.97. The average Bonchev–Trinajstić information content (AvgIpc) is 2.40. The zero-order chi connectivity index (χ0) is 14.5. The molecule has 2 N–H and O–H groups in total.